The summed E-state index contributed by atoms with van der Waals surface area (Å²) in [6.07, 6.45) is 20.4. The second-order valence-electron chi connectivity index (χ2n) is 19.0. The summed E-state index contributed by atoms with van der Waals surface area (Å²) >= 11 is 2.82. The number of unbranched alkanes of at least 4 members (excludes halogenated alkanes) is 16. The van der Waals surface area contributed by atoms with Gasteiger partial charge in [0, 0.05) is 13.2 Å². The first-order valence-electron chi connectivity index (χ1n) is 29.5. The van der Waals surface area contributed by atoms with Gasteiger partial charge in [0.15, 0.2) is 12.1 Å². The van der Waals surface area contributed by atoms with Crippen molar-refractivity contribution in [1.29, 1.82) is 0 Å². The van der Waals surface area contributed by atoms with Gasteiger partial charge in [0.2, 0.25) is 11.8 Å². The Labute approximate surface area is 511 Å². The maximum Gasteiger partial charge on any atom is 0.472 e. The van der Waals surface area contributed by atoms with E-state index in [4.69, 9.17) is 72.0 Å². The van der Waals surface area contributed by atoms with E-state index >= 15 is 0 Å². The Morgan fingerprint density at radius 1 is 0.412 bits per heavy atom. The summed E-state index contributed by atoms with van der Waals surface area (Å²) < 4.78 is 79.5. The van der Waals surface area contributed by atoms with Gasteiger partial charge >= 0.3 is 27.6 Å². The van der Waals surface area contributed by atoms with Crippen LogP contribution in [0.25, 0.3) is 0 Å². The molecule has 0 aromatic heterocycles. The van der Waals surface area contributed by atoms with Crippen molar-refractivity contribution in [3.8, 4) is 0 Å². The van der Waals surface area contributed by atoms with Crippen LogP contribution in [0, 0.1) is 0 Å². The van der Waals surface area contributed by atoms with E-state index in [2.05, 4.69) is 15.2 Å². The monoisotopic (exact) mass is 1300 g/mol. The van der Waals surface area contributed by atoms with Crippen molar-refractivity contribution >= 4 is 62.9 Å². The van der Waals surface area contributed by atoms with E-state index in [9.17, 15) is 38.3 Å². The summed E-state index contributed by atoms with van der Waals surface area (Å²) in [6, 6.07) is 5.74. The highest BCUT2D eigenvalue weighted by Crippen LogP contribution is 2.44. The lowest BCUT2D eigenvalue weighted by Crippen LogP contribution is -2.44. The molecule has 0 spiro atoms. The van der Waals surface area contributed by atoms with Gasteiger partial charge in [-0.15, -0.1) is 0 Å². The van der Waals surface area contributed by atoms with Crippen LogP contribution < -0.4 is 10.6 Å². The normalized spacial score (nSPS) is 13.0. The number of aliphatic carboxylic acids is 2. The second-order valence-corrected chi connectivity index (χ2v) is 23.9. The van der Waals surface area contributed by atoms with E-state index in [1.54, 1.807) is 30.3 Å². The van der Waals surface area contributed by atoms with Gasteiger partial charge in [0.05, 0.1) is 137 Å². The van der Waals surface area contributed by atoms with Crippen LogP contribution in [0.4, 0.5) is 0 Å². The Morgan fingerprint density at radius 2 is 0.718 bits per heavy atom. The zero-order valence-corrected chi connectivity index (χ0v) is 53.2. The lowest BCUT2D eigenvalue weighted by molar-refractivity contribution is -0.142. The molecule has 85 heavy (non-hydrogen) atoms. The minimum atomic E-state index is -4.80. The number of nitrogens with one attached hydrogen (secondary N) is 2. The molecule has 1 aromatic carbocycles. The fraction of sp³-hybridized carbons (Fsp3) is 0.818. The minimum absolute atomic E-state index is 0.0221. The number of carboxylic acid groups (broad SMARTS) is 2. The van der Waals surface area contributed by atoms with Crippen LogP contribution in [0.2, 0.25) is 0 Å². The molecule has 3 atom stereocenters. The summed E-state index contributed by atoms with van der Waals surface area (Å²) in [5, 5.41) is 40.0. The summed E-state index contributed by atoms with van der Waals surface area (Å²) in [4.78, 5) is 73.7. The maximum absolute atomic E-state index is 12.2. The summed E-state index contributed by atoms with van der Waals surface area (Å²) in [6.45, 7) is 6.82. The molecule has 0 aliphatic carbocycles. The molecule has 2 amide bonds. The minimum Gasteiger partial charge on any atom is -0.480 e. The Hall–Kier alpha value is -2.38. The number of benzene rings is 1. The SMILES string of the molecule is O=C(CSCCCCCCCCCCCOCCOCCOCCOCCO)N[C@@H](COP(=O)(O)O)C(=O)O.O=C(CSCCCCCCCCCCCOCCOCCOCCOCCO)N[C@@H](COP(=O)(O)OCc1ccccc1)C(=O)O. The highest BCUT2D eigenvalue weighted by molar-refractivity contribution is 8.00. The topological polar surface area (TPSA) is 370 Å². The first kappa shape index (κ1) is 82.6. The average Bonchev–Trinajstić information content (AvgIpc) is 3.59. The number of thioether (sulfide) groups is 2. The lowest BCUT2D eigenvalue weighted by atomic mass is 10.1. The number of carbonyl (C=O) groups excluding carboxylic acids is 2. The summed E-state index contributed by atoms with van der Waals surface area (Å²) in [5.41, 5.74) is 0.658. The van der Waals surface area contributed by atoms with E-state index in [0.717, 1.165) is 88.9 Å². The summed E-state index contributed by atoms with van der Waals surface area (Å²) in [5.74, 6) is -2.03. The van der Waals surface area contributed by atoms with Crippen molar-refractivity contribution < 1.29 is 115 Å². The number of aliphatic hydroxyl groups excluding tert-OH is 2. The van der Waals surface area contributed by atoms with Crippen LogP contribution in [0.1, 0.15) is 121 Å². The van der Waals surface area contributed by atoms with Crippen molar-refractivity contribution in [3.63, 3.8) is 0 Å². The highest BCUT2D eigenvalue weighted by atomic mass is 32.2. The molecule has 498 valence electrons. The Bertz CT molecular complexity index is 1820. The number of rotatable bonds is 63. The zero-order valence-electron chi connectivity index (χ0n) is 49.7. The molecular weight excluding hydrogens is 1200 g/mol. The van der Waals surface area contributed by atoms with Gasteiger partial charge < -0.3 is 83.6 Å². The van der Waals surface area contributed by atoms with Crippen LogP contribution in [0.15, 0.2) is 30.3 Å². The molecule has 0 aliphatic heterocycles. The number of carbonyl (C=O) groups is 4. The highest BCUT2D eigenvalue weighted by Gasteiger charge is 2.28. The Balaban J connectivity index is 0.00000168. The van der Waals surface area contributed by atoms with E-state index in [1.807, 2.05) is 0 Å². The number of phosphoric ester groups is 2. The van der Waals surface area contributed by atoms with E-state index in [0.29, 0.717) is 98.1 Å². The third kappa shape index (κ3) is 61.6. The zero-order chi connectivity index (χ0) is 62.6. The van der Waals surface area contributed by atoms with Crippen molar-refractivity contribution in [2.24, 2.45) is 0 Å². The number of carboxylic acids is 2. The molecule has 9 N–H and O–H groups in total. The predicted octanol–water partition coefficient (Wildman–Crippen LogP) is 6.16. The number of amides is 2. The van der Waals surface area contributed by atoms with Crippen molar-refractivity contribution in [2.45, 2.75) is 134 Å². The smallest absolute Gasteiger partial charge is 0.472 e. The van der Waals surface area contributed by atoms with Crippen molar-refractivity contribution in [2.75, 3.05) is 155 Å². The molecular formula is C55H102N2O24P2S2. The molecule has 0 heterocycles. The fourth-order valence-corrected chi connectivity index (χ4v) is 9.91. The van der Waals surface area contributed by atoms with Gasteiger partial charge in [-0.1, -0.05) is 120 Å². The molecule has 1 unspecified atom stereocenters. The number of hydrogen-bond acceptors (Lipinski definition) is 21. The van der Waals surface area contributed by atoms with E-state index < -0.39 is 64.7 Å². The molecule has 0 bridgehead atoms. The largest absolute Gasteiger partial charge is 0.480 e. The maximum atomic E-state index is 12.2. The average molecular weight is 1300 g/mol. The van der Waals surface area contributed by atoms with Gasteiger partial charge in [-0.05, 0) is 42.8 Å². The van der Waals surface area contributed by atoms with Gasteiger partial charge in [0.25, 0.3) is 0 Å². The third-order valence-corrected chi connectivity index (χ3v) is 15.1. The Kier molecular flexibility index (Phi) is 58.8. The fourth-order valence-electron chi connectivity index (χ4n) is 7.20. The number of aliphatic hydroxyl groups is 2. The Morgan fingerprint density at radius 3 is 1.05 bits per heavy atom. The number of phosphoric acid groups is 2. The van der Waals surface area contributed by atoms with Gasteiger partial charge in [-0.25, -0.2) is 18.7 Å². The first-order chi connectivity index (χ1) is 41.1. The number of ether oxygens (including phenoxy) is 8. The predicted molar refractivity (Wildman–Crippen MR) is 323 cm³/mol. The standard InChI is InChI=1S/C31H54NO12PS.C24H48NO12PS/c33-15-17-40-19-21-42-23-22-41-20-18-39-16-11-6-4-2-1-3-5-7-12-24-46-27-30(34)32-29(31(35)36)26-44-45(37,38)43-25-28-13-9-8-10-14-28;26-10-12-34-14-16-36-18-17-35-15-13-33-11-8-6-4-2-1-3-5-7-9-19-39-21-23(27)25-22(24(28)29)20-37-38(30,31)32/h8-10,13-14,29,33H,1-7,11-12,15-27H2,(H,32,34)(H,35,36)(H,37,38);22,26H,1-21H2,(H,25,27)(H,28,29)(H2,30,31,32)/t29-;22-/m00/s1. The molecule has 0 aliphatic rings. The van der Waals surface area contributed by atoms with E-state index in [1.165, 1.54) is 74.9 Å². The lowest BCUT2D eigenvalue weighted by Gasteiger charge is -2.17. The number of hydrogen-bond donors (Lipinski definition) is 9. The van der Waals surface area contributed by atoms with Gasteiger partial charge in [-0.2, -0.15) is 23.5 Å². The van der Waals surface area contributed by atoms with Crippen LogP contribution in [0.3, 0.4) is 0 Å². The molecule has 1 aromatic rings. The van der Waals surface area contributed by atoms with Crippen LogP contribution in [0.5, 0.6) is 0 Å². The van der Waals surface area contributed by atoms with Crippen molar-refractivity contribution in [3.05, 3.63) is 35.9 Å². The molecule has 30 heteroatoms. The molecule has 1 rings (SSSR count). The van der Waals surface area contributed by atoms with Gasteiger partial charge in [0.1, 0.15) is 0 Å². The van der Waals surface area contributed by atoms with Crippen molar-refractivity contribution in [1.82, 2.24) is 10.6 Å². The third-order valence-electron chi connectivity index (χ3n) is 11.6. The molecule has 26 nitrogen and oxygen atoms in total. The molecule has 0 saturated carbocycles. The molecule has 0 radical (unpaired) electrons. The first-order valence-corrected chi connectivity index (χ1v) is 34.8. The van der Waals surface area contributed by atoms with Crippen LogP contribution in [-0.4, -0.2) is 226 Å². The molecule has 0 fully saturated rings. The quantitative estimate of drug-likeness (QED) is 0.0260. The van der Waals surface area contributed by atoms with Gasteiger partial charge in [-0.3, -0.25) is 23.2 Å². The van der Waals surface area contributed by atoms with Crippen LogP contribution in [-0.2, 0) is 86.4 Å². The van der Waals surface area contributed by atoms with Crippen LogP contribution >= 0.6 is 39.2 Å². The van der Waals surface area contributed by atoms with E-state index in [-0.39, 0.29) is 31.3 Å². The molecule has 0 saturated heterocycles. The summed E-state index contributed by atoms with van der Waals surface area (Å²) in [7, 11) is -9.30. The second kappa shape index (κ2) is 60.5.